The molecule has 1 aromatic rings. The van der Waals surface area contributed by atoms with E-state index in [2.05, 4.69) is 4.74 Å². The van der Waals surface area contributed by atoms with Gasteiger partial charge in [0.15, 0.2) is 17.4 Å². The average Bonchev–Trinajstić information content (AvgIpc) is 2.12. The lowest BCUT2D eigenvalue weighted by atomic mass is 9.88. The highest BCUT2D eigenvalue weighted by Crippen LogP contribution is 2.21. The second kappa shape index (κ2) is 3.70. The molecule has 0 aliphatic carbocycles. The molecular weight excluding hydrogens is 184 g/mol. The van der Waals surface area contributed by atoms with Gasteiger partial charge in [-0.1, -0.05) is 0 Å². The van der Waals surface area contributed by atoms with Crippen LogP contribution in [0.25, 0.3) is 0 Å². The summed E-state index contributed by atoms with van der Waals surface area (Å²) in [5.74, 6) is -4.67. The highest BCUT2D eigenvalue weighted by atomic mass is 19.2. The molecule has 0 aliphatic heterocycles. The molecular formula is C7H5BF3O2. The Bertz CT molecular complexity index is 330. The molecule has 0 bridgehead atoms. The summed E-state index contributed by atoms with van der Waals surface area (Å²) in [6, 6.07) is 0.535. The Morgan fingerprint density at radius 1 is 1.31 bits per heavy atom. The first-order valence-corrected chi connectivity index (χ1v) is 3.30. The number of ether oxygens (including phenoxy) is 1. The van der Waals surface area contributed by atoms with Gasteiger partial charge in [-0.05, 0) is 11.5 Å². The maximum absolute atomic E-state index is 13.0. The van der Waals surface area contributed by atoms with Crippen molar-refractivity contribution >= 4 is 12.9 Å². The molecule has 0 amide bonds. The Kier molecular flexibility index (Phi) is 2.82. The molecule has 0 unspecified atom stereocenters. The van der Waals surface area contributed by atoms with E-state index in [1.54, 1.807) is 0 Å². The Balaban J connectivity index is 3.39. The van der Waals surface area contributed by atoms with Crippen LogP contribution in [0.1, 0.15) is 0 Å². The second-order valence-electron chi connectivity index (χ2n) is 2.24. The average molecular weight is 189 g/mol. The molecule has 0 saturated heterocycles. The zero-order chi connectivity index (χ0) is 10.0. The first kappa shape index (κ1) is 9.92. The zero-order valence-corrected chi connectivity index (χ0v) is 6.64. The molecule has 13 heavy (non-hydrogen) atoms. The summed E-state index contributed by atoms with van der Waals surface area (Å²) in [6.45, 7) is 0. The number of halogens is 3. The molecule has 0 spiro atoms. The lowest BCUT2D eigenvalue weighted by Gasteiger charge is -2.06. The topological polar surface area (TPSA) is 29.5 Å². The minimum atomic E-state index is -1.41. The molecule has 0 saturated carbocycles. The van der Waals surface area contributed by atoms with Gasteiger partial charge in [-0.2, -0.15) is 4.39 Å². The summed E-state index contributed by atoms with van der Waals surface area (Å²) in [7, 11) is 1.34. The zero-order valence-electron chi connectivity index (χ0n) is 6.64. The van der Waals surface area contributed by atoms with E-state index in [0.717, 1.165) is 7.11 Å². The van der Waals surface area contributed by atoms with Crippen LogP contribution >= 0.6 is 0 Å². The third-order valence-electron chi connectivity index (χ3n) is 1.49. The van der Waals surface area contributed by atoms with Gasteiger partial charge >= 0.3 is 7.48 Å². The number of benzene rings is 1. The third kappa shape index (κ3) is 1.62. The fraction of sp³-hybridized carbons (Fsp3) is 0.143. The van der Waals surface area contributed by atoms with Gasteiger partial charge in [0, 0.05) is 0 Å². The van der Waals surface area contributed by atoms with Crippen LogP contribution in [-0.2, 0) is 0 Å². The van der Waals surface area contributed by atoms with E-state index in [0.29, 0.717) is 13.5 Å². The second-order valence-corrected chi connectivity index (χ2v) is 2.24. The van der Waals surface area contributed by atoms with Gasteiger partial charge in [-0.25, -0.2) is 8.78 Å². The van der Waals surface area contributed by atoms with Gasteiger partial charge in [0.05, 0.1) is 7.11 Å². The molecule has 0 aliphatic rings. The first-order chi connectivity index (χ1) is 6.11. The first-order valence-electron chi connectivity index (χ1n) is 3.30. The lowest BCUT2D eigenvalue weighted by Crippen LogP contribution is -2.21. The monoisotopic (exact) mass is 189 g/mol. The van der Waals surface area contributed by atoms with Crippen LogP contribution in [0.4, 0.5) is 13.2 Å². The van der Waals surface area contributed by atoms with Crippen molar-refractivity contribution in [3.8, 4) is 5.75 Å². The molecule has 0 fully saturated rings. The minimum absolute atomic E-state index is 0.334. The number of rotatable bonds is 2. The predicted molar refractivity (Wildman–Crippen MR) is 40.5 cm³/mol. The van der Waals surface area contributed by atoms with Crippen molar-refractivity contribution in [3.05, 3.63) is 23.5 Å². The maximum atomic E-state index is 13.0. The summed E-state index contributed by atoms with van der Waals surface area (Å²) in [4.78, 5) is 0. The molecule has 1 radical (unpaired) electrons. The highest BCUT2D eigenvalue weighted by Gasteiger charge is 2.19. The van der Waals surface area contributed by atoms with Crippen LogP contribution in [0.2, 0.25) is 0 Å². The van der Waals surface area contributed by atoms with Crippen molar-refractivity contribution < 1.29 is 22.9 Å². The van der Waals surface area contributed by atoms with Crippen LogP contribution < -0.4 is 10.2 Å². The molecule has 0 heterocycles. The van der Waals surface area contributed by atoms with Gasteiger partial charge in [0.2, 0.25) is 5.82 Å². The van der Waals surface area contributed by atoms with E-state index in [1.165, 1.54) is 0 Å². The van der Waals surface area contributed by atoms with Crippen LogP contribution in [0.15, 0.2) is 6.07 Å². The van der Waals surface area contributed by atoms with E-state index >= 15 is 0 Å². The minimum Gasteiger partial charge on any atom is -0.491 e. The van der Waals surface area contributed by atoms with Gasteiger partial charge in [0.1, 0.15) is 0 Å². The Labute approximate surface area is 73.2 Å². The number of hydrogen-bond donors (Lipinski definition) is 1. The van der Waals surface area contributed by atoms with E-state index in [4.69, 9.17) is 5.02 Å². The van der Waals surface area contributed by atoms with Crippen LogP contribution in [0, 0.1) is 17.5 Å². The Morgan fingerprint density at radius 3 is 2.38 bits per heavy atom. The summed E-state index contributed by atoms with van der Waals surface area (Å²) in [6.07, 6.45) is 0. The summed E-state index contributed by atoms with van der Waals surface area (Å²) in [5.41, 5.74) is -0.462. The third-order valence-corrected chi connectivity index (χ3v) is 1.49. The van der Waals surface area contributed by atoms with Crippen molar-refractivity contribution in [2.75, 3.05) is 7.11 Å². The van der Waals surface area contributed by atoms with Crippen LogP contribution in [0.3, 0.4) is 0 Å². The predicted octanol–water partition coefficient (Wildman–Crippen LogP) is 0.349. The Morgan fingerprint density at radius 2 is 1.92 bits per heavy atom. The van der Waals surface area contributed by atoms with Crippen molar-refractivity contribution in [3.63, 3.8) is 0 Å². The number of methoxy groups -OCH3 is 1. The summed E-state index contributed by atoms with van der Waals surface area (Å²) >= 11 is 0. The largest absolute Gasteiger partial charge is 0.491 e. The molecule has 69 valence electrons. The normalized spacial score (nSPS) is 9.92. The van der Waals surface area contributed by atoms with Gasteiger partial charge in [-0.3, -0.25) is 0 Å². The molecule has 1 aromatic carbocycles. The van der Waals surface area contributed by atoms with E-state index in [9.17, 15) is 13.2 Å². The van der Waals surface area contributed by atoms with Crippen molar-refractivity contribution in [2.24, 2.45) is 0 Å². The van der Waals surface area contributed by atoms with Crippen molar-refractivity contribution in [2.45, 2.75) is 0 Å². The van der Waals surface area contributed by atoms with Gasteiger partial charge < -0.3 is 9.76 Å². The standard InChI is InChI=1S/C7H5BF3O2/c1-13-7-5(10)3(8-12)2-4(9)6(7)11/h2,12H,1H3. The van der Waals surface area contributed by atoms with Crippen molar-refractivity contribution in [1.29, 1.82) is 0 Å². The summed E-state index contributed by atoms with van der Waals surface area (Å²) < 4.78 is 42.7. The van der Waals surface area contributed by atoms with E-state index < -0.39 is 28.7 Å². The lowest BCUT2D eigenvalue weighted by molar-refractivity contribution is 0.348. The van der Waals surface area contributed by atoms with Gasteiger partial charge in [-0.15, -0.1) is 0 Å². The molecule has 0 atom stereocenters. The van der Waals surface area contributed by atoms with Crippen LogP contribution in [-0.4, -0.2) is 19.6 Å². The van der Waals surface area contributed by atoms with Crippen molar-refractivity contribution in [1.82, 2.24) is 0 Å². The quantitative estimate of drug-likeness (QED) is 0.537. The summed E-state index contributed by atoms with van der Waals surface area (Å²) in [5, 5.41) is 8.44. The number of hydrogen-bond acceptors (Lipinski definition) is 2. The molecule has 6 heteroatoms. The fourth-order valence-electron chi connectivity index (χ4n) is 0.872. The smallest absolute Gasteiger partial charge is 0.330 e. The van der Waals surface area contributed by atoms with Gasteiger partial charge in [0.25, 0.3) is 0 Å². The van der Waals surface area contributed by atoms with E-state index in [1.807, 2.05) is 0 Å². The Hall–Kier alpha value is -1.17. The maximum Gasteiger partial charge on any atom is 0.330 e. The van der Waals surface area contributed by atoms with Crippen LogP contribution in [0.5, 0.6) is 5.75 Å². The fourth-order valence-corrected chi connectivity index (χ4v) is 0.872. The molecule has 0 aromatic heterocycles. The van der Waals surface area contributed by atoms with E-state index in [-0.39, 0.29) is 0 Å². The SMILES string of the molecule is COc1c(F)c(F)cc([B]O)c1F. The molecule has 2 nitrogen and oxygen atoms in total. The molecule has 1 rings (SSSR count). The molecule has 1 N–H and O–H groups in total. The highest BCUT2D eigenvalue weighted by molar-refractivity contribution is 6.45.